The molecule has 0 saturated carbocycles. The Morgan fingerprint density at radius 3 is 2.12 bits per heavy atom. The molecule has 2 saturated heterocycles. The Bertz CT molecular complexity index is 1240. The molecular weight excluding hydrogens is 556 g/mol. The number of aryl methyl sites for hydroxylation is 1. The largest absolute Gasteiger partial charge is 0.451 e. The minimum atomic E-state index is -4.73. The van der Waals surface area contributed by atoms with Crippen LogP contribution in [0.3, 0.4) is 0 Å². The van der Waals surface area contributed by atoms with Gasteiger partial charge in [-0.1, -0.05) is 19.4 Å². The number of nitrogens with one attached hydrogen (secondary N) is 1. The third-order valence-electron chi connectivity index (χ3n) is 7.45. The summed E-state index contributed by atoms with van der Waals surface area (Å²) in [6.07, 6.45) is -5.34. The van der Waals surface area contributed by atoms with E-state index in [1.165, 1.54) is 17.0 Å². The maximum Gasteiger partial charge on any atom is 0.451 e. The van der Waals surface area contributed by atoms with E-state index in [9.17, 15) is 31.1 Å². The molecule has 1 amide bonds. The summed E-state index contributed by atoms with van der Waals surface area (Å²) in [5.74, 6) is -0.778. The molecule has 0 aliphatic carbocycles. The lowest BCUT2D eigenvalue weighted by Gasteiger charge is -2.41. The second-order valence-electron chi connectivity index (χ2n) is 10.0. The summed E-state index contributed by atoms with van der Waals surface area (Å²) in [6, 6.07) is 4.31. The van der Waals surface area contributed by atoms with Crippen LogP contribution in [0.25, 0.3) is 0 Å². The van der Waals surface area contributed by atoms with E-state index in [1.807, 2.05) is 4.90 Å². The number of carbonyl (C=O) groups excluding carboxylic acids is 3. The van der Waals surface area contributed by atoms with Crippen LogP contribution in [-0.2, 0) is 33.2 Å². The summed E-state index contributed by atoms with van der Waals surface area (Å²) < 4.78 is 79.5. The SMILES string of the molecule is CCC1CCN(c2cc(N3CC[C@H]3C(=O)NCCc3ccc(C(F)(F)F)cc3C)nc(C(F)(F)F)n2)CC1.O=C=O. The Balaban J connectivity index is 0.00000147. The lowest BCUT2D eigenvalue weighted by Crippen LogP contribution is -2.57. The molecule has 41 heavy (non-hydrogen) atoms. The fourth-order valence-corrected chi connectivity index (χ4v) is 4.95. The summed E-state index contributed by atoms with van der Waals surface area (Å²) in [7, 11) is 0. The minimum Gasteiger partial charge on any atom is -0.356 e. The van der Waals surface area contributed by atoms with Crippen LogP contribution in [0, 0.1) is 12.8 Å². The third kappa shape index (κ3) is 8.18. The Kier molecular flexibility index (Phi) is 10.4. The molecule has 14 heteroatoms. The fourth-order valence-electron chi connectivity index (χ4n) is 4.95. The second-order valence-corrected chi connectivity index (χ2v) is 10.0. The summed E-state index contributed by atoms with van der Waals surface area (Å²) in [4.78, 5) is 40.0. The molecule has 1 aromatic heterocycles. The number of anilines is 2. The number of halogens is 6. The quantitative estimate of drug-likeness (QED) is 0.465. The van der Waals surface area contributed by atoms with Crippen molar-refractivity contribution in [1.82, 2.24) is 15.3 Å². The highest BCUT2D eigenvalue weighted by Crippen LogP contribution is 2.35. The zero-order valence-corrected chi connectivity index (χ0v) is 22.6. The van der Waals surface area contributed by atoms with Crippen LogP contribution < -0.4 is 15.1 Å². The molecule has 224 valence electrons. The number of rotatable bonds is 7. The van der Waals surface area contributed by atoms with Gasteiger partial charge in [0, 0.05) is 32.2 Å². The number of carbonyl (C=O) groups is 1. The third-order valence-corrected chi connectivity index (χ3v) is 7.45. The molecular formula is C27H31F6N5O3. The average molecular weight is 588 g/mol. The van der Waals surface area contributed by atoms with E-state index in [4.69, 9.17) is 9.59 Å². The minimum absolute atomic E-state index is 0.0601. The Morgan fingerprint density at radius 2 is 1.61 bits per heavy atom. The highest BCUT2D eigenvalue weighted by molar-refractivity contribution is 5.86. The molecule has 2 aliphatic heterocycles. The first-order valence-corrected chi connectivity index (χ1v) is 13.2. The zero-order valence-electron chi connectivity index (χ0n) is 22.6. The zero-order chi connectivity index (χ0) is 30.4. The van der Waals surface area contributed by atoms with Gasteiger partial charge in [-0.25, -0.2) is 9.97 Å². The van der Waals surface area contributed by atoms with Gasteiger partial charge in [0.2, 0.25) is 11.7 Å². The lowest BCUT2D eigenvalue weighted by molar-refractivity contribution is -0.191. The van der Waals surface area contributed by atoms with Crippen LogP contribution in [-0.4, -0.2) is 54.2 Å². The summed E-state index contributed by atoms with van der Waals surface area (Å²) in [5, 5.41) is 2.76. The van der Waals surface area contributed by atoms with Crippen molar-refractivity contribution in [3.8, 4) is 0 Å². The van der Waals surface area contributed by atoms with Gasteiger partial charge in [0.15, 0.2) is 0 Å². The van der Waals surface area contributed by atoms with Crippen molar-refractivity contribution in [3.63, 3.8) is 0 Å². The van der Waals surface area contributed by atoms with E-state index in [1.54, 1.807) is 6.92 Å². The molecule has 2 fully saturated rings. The van der Waals surface area contributed by atoms with Gasteiger partial charge in [-0.15, -0.1) is 0 Å². The van der Waals surface area contributed by atoms with Gasteiger partial charge in [-0.05, 0) is 61.8 Å². The first-order valence-electron chi connectivity index (χ1n) is 13.2. The van der Waals surface area contributed by atoms with Gasteiger partial charge in [-0.2, -0.15) is 35.9 Å². The monoisotopic (exact) mass is 587 g/mol. The van der Waals surface area contributed by atoms with Crippen molar-refractivity contribution in [2.45, 2.75) is 64.3 Å². The van der Waals surface area contributed by atoms with Gasteiger partial charge in [0.25, 0.3) is 0 Å². The molecule has 0 radical (unpaired) electrons. The smallest absolute Gasteiger partial charge is 0.356 e. The number of hydrogen-bond acceptors (Lipinski definition) is 7. The average Bonchev–Trinajstić information content (AvgIpc) is 2.88. The number of aromatic nitrogens is 2. The number of piperidine rings is 1. The highest BCUT2D eigenvalue weighted by Gasteiger charge is 2.40. The molecule has 1 aromatic carbocycles. The normalized spacial score (nSPS) is 17.7. The number of nitrogens with zero attached hydrogens (tertiary/aromatic N) is 4. The van der Waals surface area contributed by atoms with Crippen molar-refractivity contribution >= 4 is 23.7 Å². The van der Waals surface area contributed by atoms with Crippen molar-refractivity contribution in [2.75, 3.05) is 36.0 Å². The molecule has 2 aliphatic rings. The first-order chi connectivity index (χ1) is 19.3. The number of benzene rings is 1. The molecule has 0 spiro atoms. The van der Waals surface area contributed by atoms with E-state index in [-0.39, 0.29) is 30.2 Å². The maximum atomic E-state index is 13.6. The number of alkyl halides is 6. The first kappa shape index (κ1) is 31.9. The number of amides is 1. The van der Waals surface area contributed by atoms with Crippen LogP contribution >= 0.6 is 0 Å². The van der Waals surface area contributed by atoms with E-state index < -0.39 is 29.8 Å². The molecule has 1 atom stereocenters. The summed E-state index contributed by atoms with van der Waals surface area (Å²) in [5.41, 5.74) is 0.409. The standard InChI is InChI=1S/C26H31F6N5O.CO2/c1-3-17-7-11-36(12-8-17)21-15-22(35-24(34-21)26(30,31)32)37-13-9-20(37)23(38)33-10-6-18-4-5-19(14-16(18)2)25(27,28)29;2-1-3/h4-5,14-15,17,20H,3,6-13H2,1-2H3,(H,33,38);/t20-;/m0./s1. The highest BCUT2D eigenvalue weighted by atomic mass is 19.4. The van der Waals surface area contributed by atoms with E-state index in [0.29, 0.717) is 49.5 Å². The van der Waals surface area contributed by atoms with Crippen molar-refractivity contribution in [2.24, 2.45) is 5.92 Å². The maximum absolute atomic E-state index is 13.6. The van der Waals surface area contributed by atoms with Crippen LogP contribution in [0.4, 0.5) is 38.0 Å². The van der Waals surface area contributed by atoms with Gasteiger partial charge in [0.05, 0.1) is 5.56 Å². The van der Waals surface area contributed by atoms with Gasteiger partial charge in [-0.3, -0.25) is 4.79 Å². The van der Waals surface area contributed by atoms with Crippen molar-refractivity contribution < 1.29 is 40.7 Å². The van der Waals surface area contributed by atoms with Crippen molar-refractivity contribution in [3.05, 3.63) is 46.8 Å². The molecule has 4 rings (SSSR count). The van der Waals surface area contributed by atoms with E-state index in [2.05, 4.69) is 22.2 Å². The van der Waals surface area contributed by atoms with Crippen LogP contribution in [0.5, 0.6) is 0 Å². The molecule has 3 heterocycles. The summed E-state index contributed by atoms with van der Waals surface area (Å²) in [6.45, 7) is 5.46. The second kappa shape index (κ2) is 13.3. The predicted octanol–water partition coefficient (Wildman–Crippen LogP) is 4.80. The molecule has 2 aromatic rings. The Labute approximate surface area is 233 Å². The van der Waals surface area contributed by atoms with E-state index in [0.717, 1.165) is 31.4 Å². The lowest BCUT2D eigenvalue weighted by atomic mass is 9.94. The van der Waals surface area contributed by atoms with Gasteiger partial charge in [0.1, 0.15) is 17.7 Å². The van der Waals surface area contributed by atoms with Crippen LogP contribution in [0.1, 0.15) is 55.1 Å². The fraction of sp³-hybridized carbons (Fsp3) is 0.556. The topological polar surface area (TPSA) is 95.5 Å². The van der Waals surface area contributed by atoms with Crippen LogP contribution in [0.15, 0.2) is 24.3 Å². The van der Waals surface area contributed by atoms with Crippen LogP contribution in [0.2, 0.25) is 0 Å². The Hall–Kier alpha value is -3.67. The van der Waals surface area contributed by atoms with Gasteiger partial charge < -0.3 is 15.1 Å². The predicted molar refractivity (Wildman–Crippen MR) is 136 cm³/mol. The molecule has 8 nitrogen and oxygen atoms in total. The molecule has 0 bridgehead atoms. The number of hydrogen-bond donors (Lipinski definition) is 1. The summed E-state index contributed by atoms with van der Waals surface area (Å²) >= 11 is 0. The van der Waals surface area contributed by atoms with Crippen molar-refractivity contribution in [1.29, 1.82) is 0 Å². The van der Waals surface area contributed by atoms with Gasteiger partial charge >= 0.3 is 18.5 Å². The van der Waals surface area contributed by atoms with E-state index >= 15 is 0 Å². The molecule has 0 unspecified atom stereocenters. The molecule has 1 N–H and O–H groups in total. The Morgan fingerprint density at radius 1 is 0.976 bits per heavy atom.